The van der Waals surface area contributed by atoms with E-state index in [4.69, 9.17) is 10.00 Å². The molecular weight excluding hydrogens is 360 g/mol. The van der Waals surface area contributed by atoms with Gasteiger partial charge in [0.25, 0.3) is 0 Å². The number of rotatable bonds is 8. The first kappa shape index (κ1) is 21.4. The molecule has 0 aliphatic carbocycles. The Hall–Kier alpha value is -2.35. The topological polar surface area (TPSA) is 56.5 Å². The second-order valence-corrected chi connectivity index (χ2v) is 8.30. The van der Waals surface area contributed by atoms with Crippen LogP contribution in [0.4, 0.5) is 0 Å². The predicted molar refractivity (Wildman–Crippen MR) is 116 cm³/mol. The van der Waals surface area contributed by atoms with Crippen LogP contribution in [-0.4, -0.2) is 36.2 Å². The van der Waals surface area contributed by atoms with E-state index in [9.17, 15) is 5.11 Å². The van der Waals surface area contributed by atoms with Crippen LogP contribution < -0.4 is 4.74 Å². The van der Waals surface area contributed by atoms with E-state index in [0.717, 1.165) is 50.2 Å². The van der Waals surface area contributed by atoms with Crippen LogP contribution in [0.1, 0.15) is 44.2 Å². The van der Waals surface area contributed by atoms with Gasteiger partial charge in [-0.1, -0.05) is 44.2 Å². The van der Waals surface area contributed by atoms with Crippen molar-refractivity contribution in [2.45, 2.75) is 38.7 Å². The number of likely N-dealkylation sites (tertiary alicyclic amines) is 1. The maximum absolute atomic E-state index is 11.6. The van der Waals surface area contributed by atoms with Crippen molar-refractivity contribution in [1.82, 2.24) is 4.90 Å². The molecule has 4 heteroatoms. The fourth-order valence-corrected chi connectivity index (χ4v) is 4.45. The second-order valence-electron chi connectivity index (χ2n) is 8.30. The van der Waals surface area contributed by atoms with Crippen molar-refractivity contribution >= 4 is 0 Å². The molecule has 1 aliphatic heterocycles. The van der Waals surface area contributed by atoms with Crippen LogP contribution in [0, 0.1) is 23.2 Å². The number of hydrogen-bond acceptors (Lipinski definition) is 4. The highest BCUT2D eigenvalue weighted by Crippen LogP contribution is 2.42. The quantitative estimate of drug-likeness (QED) is 0.668. The maximum atomic E-state index is 11.6. The molecule has 0 unspecified atom stereocenters. The van der Waals surface area contributed by atoms with Crippen LogP contribution >= 0.6 is 0 Å². The molecule has 1 aliphatic rings. The van der Waals surface area contributed by atoms with E-state index in [-0.39, 0.29) is 11.8 Å². The molecule has 1 fully saturated rings. The summed E-state index contributed by atoms with van der Waals surface area (Å²) in [5, 5.41) is 20.4. The summed E-state index contributed by atoms with van der Waals surface area (Å²) >= 11 is 0. The summed E-state index contributed by atoms with van der Waals surface area (Å²) in [6.07, 6.45) is 3.00. The van der Waals surface area contributed by atoms with Gasteiger partial charge in [0, 0.05) is 6.54 Å². The van der Waals surface area contributed by atoms with Gasteiger partial charge in [-0.2, -0.15) is 5.26 Å². The average Bonchev–Trinajstić information content (AvgIpc) is 2.77. The average molecular weight is 393 g/mol. The van der Waals surface area contributed by atoms with Crippen LogP contribution in [-0.2, 0) is 5.60 Å². The van der Waals surface area contributed by atoms with Crippen LogP contribution in [0.15, 0.2) is 54.6 Å². The predicted octanol–water partition coefficient (Wildman–Crippen LogP) is 4.58. The first-order valence-electron chi connectivity index (χ1n) is 10.7. The molecule has 0 spiro atoms. The maximum Gasteiger partial charge on any atom is 0.119 e. The van der Waals surface area contributed by atoms with Crippen LogP contribution in [0.3, 0.4) is 0 Å². The van der Waals surface area contributed by atoms with Gasteiger partial charge in [-0.15, -0.1) is 0 Å². The van der Waals surface area contributed by atoms with Gasteiger partial charge in [0.05, 0.1) is 23.8 Å². The van der Waals surface area contributed by atoms with Gasteiger partial charge in [-0.25, -0.2) is 0 Å². The number of ether oxygens (including phenoxy) is 1. The van der Waals surface area contributed by atoms with Gasteiger partial charge in [0.1, 0.15) is 5.75 Å². The van der Waals surface area contributed by atoms with Crippen molar-refractivity contribution in [2.75, 3.05) is 26.2 Å². The third kappa shape index (κ3) is 5.18. The third-order valence-corrected chi connectivity index (χ3v) is 6.20. The minimum absolute atomic E-state index is 0.183. The highest BCUT2D eigenvalue weighted by Gasteiger charge is 2.42. The Balaban J connectivity index is 1.45. The SMILES string of the molecule is CC(C)[C@](O)(c1ccccc1)C1CCN(CCCOc2ccc(C#N)cc2)CC1. The molecule has 1 atom stereocenters. The van der Waals surface area contributed by atoms with Crippen molar-refractivity contribution in [3.63, 3.8) is 0 Å². The lowest BCUT2D eigenvalue weighted by Gasteiger charge is -2.44. The molecule has 29 heavy (non-hydrogen) atoms. The van der Waals surface area contributed by atoms with E-state index in [1.54, 1.807) is 12.1 Å². The zero-order valence-corrected chi connectivity index (χ0v) is 17.6. The lowest BCUT2D eigenvalue weighted by molar-refractivity contribution is -0.0848. The number of nitrogens with zero attached hydrogens (tertiary/aromatic N) is 2. The normalized spacial score (nSPS) is 17.6. The number of piperidine rings is 1. The highest BCUT2D eigenvalue weighted by atomic mass is 16.5. The summed E-state index contributed by atoms with van der Waals surface area (Å²) in [6.45, 7) is 7.97. The van der Waals surface area contributed by atoms with E-state index in [1.807, 2.05) is 30.3 Å². The Morgan fingerprint density at radius 3 is 2.34 bits per heavy atom. The van der Waals surface area contributed by atoms with E-state index < -0.39 is 5.60 Å². The van der Waals surface area contributed by atoms with E-state index >= 15 is 0 Å². The van der Waals surface area contributed by atoms with Gasteiger partial charge in [-0.05, 0) is 74.0 Å². The molecule has 0 saturated carbocycles. The Bertz CT molecular complexity index is 790. The molecule has 2 aromatic carbocycles. The van der Waals surface area contributed by atoms with Crippen LogP contribution in [0.25, 0.3) is 0 Å². The van der Waals surface area contributed by atoms with Gasteiger partial charge in [0.15, 0.2) is 0 Å². The Morgan fingerprint density at radius 2 is 1.76 bits per heavy atom. The molecule has 3 rings (SSSR count). The summed E-state index contributed by atoms with van der Waals surface area (Å²) in [5.74, 6) is 1.28. The van der Waals surface area contributed by atoms with Crippen molar-refractivity contribution in [1.29, 1.82) is 5.26 Å². The molecular formula is C25H32N2O2. The van der Waals surface area contributed by atoms with Crippen LogP contribution in [0.5, 0.6) is 5.75 Å². The molecule has 1 heterocycles. The zero-order valence-electron chi connectivity index (χ0n) is 17.6. The van der Waals surface area contributed by atoms with Gasteiger partial charge < -0.3 is 14.7 Å². The molecule has 2 aromatic rings. The third-order valence-electron chi connectivity index (χ3n) is 6.20. The summed E-state index contributed by atoms with van der Waals surface area (Å²) in [7, 11) is 0. The number of hydrogen-bond donors (Lipinski definition) is 1. The molecule has 1 saturated heterocycles. The van der Waals surface area contributed by atoms with Gasteiger partial charge >= 0.3 is 0 Å². The standard InChI is InChI=1S/C25H32N2O2/c1-20(2)25(28,22-7-4-3-5-8-22)23-13-16-27(17-14-23)15-6-18-29-24-11-9-21(19-26)10-12-24/h3-5,7-12,20,23,28H,6,13-18H2,1-2H3/t25-/m0/s1. The fourth-order valence-electron chi connectivity index (χ4n) is 4.45. The molecule has 154 valence electrons. The fraction of sp³-hybridized carbons (Fsp3) is 0.480. The first-order valence-corrected chi connectivity index (χ1v) is 10.7. The molecule has 0 amide bonds. The Kier molecular flexibility index (Phi) is 7.30. The Morgan fingerprint density at radius 1 is 1.10 bits per heavy atom. The van der Waals surface area contributed by atoms with Crippen molar-refractivity contribution in [3.05, 3.63) is 65.7 Å². The Labute approximate surface area is 174 Å². The van der Waals surface area contributed by atoms with E-state index in [0.29, 0.717) is 12.2 Å². The largest absolute Gasteiger partial charge is 0.494 e. The first-order chi connectivity index (χ1) is 14.0. The van der Waals surface area contributed by atoms with E-state index in [1.165, 1.54) is 0 Å². The molecule has 0 bridgehead atoms. The molecule has 4 nitrogen and oxygen atoms in total. The molecule has 1 N–H and O–H groups in total. The number of nitriles is 1. The lowest BCUT2D eigenvalue weighted by atomic mass is 9.70. The van der Waals surface area contributed by atoms with Crippen molar-refractivity contribution in [2.24, 2.45) is 11.8 Å². The smallest absolute Gasteiger partial charge is 0.119 e. The summed E-state index contributed by atoms with van der Waals surface area (Å²) < 4.78 is 5.79. The van der Waals surface area contributed by atoms with Gasteiger partial charge in [0.2, 0.25) is 0 Å². The van der Waals surface area contributed by atoms with E-state index in [2.05, 4.69) is 36.9 Å². The minimum Gasteiger partial charge on any atom is -0.494 e. The number of benzene rings is 2. The summed E-state index contributed by atoms with van der Waals surface area (Å²) in [4.78, 5) is 2.48. The van der Waals surface area contributed by atoms with Crippen molar-refractivity contribution < 1.29 is 9.84 Å². The molecule has 0 aromatic heterocycles. The van der Waals surface area contributed by atoms with Crippen molar-refractivity contribution in [3.8, 4) is 11.8 Å². The zero-order chi connectivity index (χ0) is 20.7. The van der Waals surface area contributed by atoms with Crippen LogP contribution in [0.2, 0.25) is 0 Å². The van der Waals surface area contributed by atoms with Gasteiger partial charge in [-0.3, -0.25) is 0 Å². The summed E-state index contributed by atoms with van der Waals surface area (Å²) in [6, 6.07) is 19.5. The number of aliphatic hydroxyl groups is 1. The monoisotopic (exact) mass is 392 g/mol. The highest BCUT2D eigenvalue weighted by molar-refractivity contribution is 5.34. The molecule has 0 radical (unpaired) electrons. The lowest BCUT2D eigenvalue weighted by Crippen LogP contribution is -2.46. The second kappa shape index (κ2) is 9.91. The minimum atomic E-state index is -0.758. The summed E-state index contributed by atoms with van der Waals surface area (Å²) in [5.41, 5.74) is 0.938.